The van der Waals surface area contributed by atoms with Gasteiger partial charge in [0.1, 0.15) is 5.82 Å². The summed E-state index contributed by atoms with van der Waals surface area (Å²) in [6.07, 6.45) is 2.06. The molecule has 3 N–H and O–H groups in total. The molecular formula is C15H19FN2O3. The average Bonchev–Trinajstić information content (AvgIpc) is 2.38. The largest absolute Gasteiger partial charge is 0.481 e. The van der Waals surface area contributed by atoms with Crippen LogP contribution in [0.2, 0.25) is 0 Å². The van der Waals surface area contributed by atoms with Gasteiger partial charge in [-0.25, -0.2) is 9.18 Å². The zero-order chi connectivity index (χ0) is 15.2. The maximum absolute atomic E-state index is 13.1. The molecule has 6 heteroatoms. The quantitative estimate of drug-likeness (QED) is 0.704. The zero-order valence-corrected chi connectivity index (χ0v) is 11.6. The molecule has 1 aliphatic rings. The van der Waals surface area contributed by atoms with Crippen molar-refractivity contribution < 1.29 is 19.1 Å². The first-order chi connectivity index (χ1) is 10.0. The number of amides is 2. The van der Waals surface area contributed by atoms with E-state index in [0.29, 0.717) is 13.0 Å². The van der Waals surface area contributed by atoms with Crippen LogP contribution >= 0.6 is 0 Å². The van der Waals surface area contributed by atoms with Gasteiger partial charge < -0.3 is 15.7 Å². The summed E-state index contributed by atoms with van der Waals surface area (Å²) >= 11 is 0. The number of carboxylic acid groups (broad SMARTS) is 1. The highest BCUT2D eigenvalue weighted by Gasteiger charge is 2.31. The Balaban J connectivity index is 1.64. The number of rotatable bonds is 6. The summed E-state index contributed by atoms with van der Waals surface area (Å²) in [6, 6.07) is 6.37. The Morgan fingerprint density at radius 2 is 2.10 bits per heavy atom. The summed E-state index contributed by atoms with van der Waals surface area (Å²) in [6.45, 7) is 0.345. The van der Waals surface area contributed by atoms with Gasteiger partial charge in [-0.1, -0.05) is 12.1 Å². The Labute approximate surface area is 122 Å². The summed E-state index contributed by atoms with van der Waals surface area (Å²) in [5, 5.41) is 13.9. The van der Waals surface area contributed by atoms with Crippen LogP contribution in [0.4, 0.5) is 9.18 Å². The number of aliphatic carboxylic acids is 1. The molecule has 2 rings (SSSR count). The van der Waals surface area contributed by atoms with Gasteiger partial charge in [0, 0.05) is 19.0 Å². The minimum absolute atomic E-state index is 0.0470. The van der Waals surface area contributed by atoms with E-state index in [0.717, 1.165) is 18.4 Å². The molecule has 5 nitrogen and oxygen atoms in total. The summed E-state index contributed by atoms with van der Waals surface area (Å²) < 4.78 is 13.1. The van der Waals surface area contributed by atoms with Crippen LogP contribution in [0.5, 0.6) is 0 Å². The molecule has 0 aliphatic heterocycles. The average molecular weight is 294 g/mol. The van der Waals surface area contributed by atoms with E-state index in [-0.39, 0.29) is 30.2 Å². The number of halogens is 1. The Kier molecular flexibility index (Phi) is 5.14. The topological polar surface area (TPSA) is 78.4 Å². The van der Waals surface area contributed by atoms with Crippen LogP contribution in [-0.2, 0) is 4.79 Å². The lowest BCUT2D eigenvalue weighted by molar-refractivity contribution is -0.137. The van der Waals surface area contributed by atoms with Crippen molar-refractivity contribution in [3.8, 4) is 0 Å². The van der Waals surface area contributed by atoms with Gasteiger partial charge in [-0.3, -0.25) is 4.79 Å². The van der Waals surface area contributed by atoms with Crippen molar-refractivity contribution in [2.45, 2.75) is 37.6 Å². The molecular weight excluding hydrogens is 275 g/mol. The molecule has 1 aliphatic carbocycles. The number of hydrogen-bond donors (Lipinski definition) is 3. The zero-order valence-electron chi connectivity index (χ0n) is 11.6. The molecule has 114 valence electrons. The van der Waals surface area contributed by atoms with Crippen molar-refractivity contribution in [3.63, 3.8) is 0 Å². The van der Waals surface area contributed by atoms with Crippen LogP contribution in [-0.4, -0.2) is 29.7 Å². The van der Waals surface area contributed by atoms with Crippen LogP contribution in [0.25, 0.3) is 0 Å². The SMILES string of the molecule is O=C(O)CCCNC(=O)NC1CC(c2cccc(F)c2)C1. The maximum atomic E-state index is 13.1. The lowest BCUT2D eigenvalue weighted by Crippen LogP contribution is -2.47. The molecule has 21 heavy (non-hydrogen) atoms. The molecule has 1 aromatic carbocycles. The first-order valence-electron chi connectivity index (χ1n) is 7.06. The number of nitrogens with one attached hydrogen (secondary N) is 2. The third kappa shape index (κ3) is 4.73. The number of urea groups is 1. The van der Waals surface area contributed by atoms with Gasteiger partial charge in [-0.15, -0.1) is 0 Å². The Morgan fingerprint density at radius 3 is 2.76 bits per heavy atom. The fraction of sp³-hybridized carbons (Fsp3) is 0.467. The molecule has 1 aromatic rings. The van der Waals surface area contributed by atoms with Crippen molar-refractivity contribution in [1.82, 2.24) is 10.6 Å². The van der Waals surface area contributed by atoms with E-state index in [2.05, 4.69) is 10.6 Å². The van der Waals surface area contributed by atoms with Crippen LogP contribution < -0.4 is 10.6 Å². The van der Waals surface area contributed by atoms with Crippen molar-refractivity contribution in [1.29, 1.82) is 0 Å². The fourth-order valence-electron chi connectivity index (χ4n) is 2.45. The highest BCUT2D eigenvalue weighted by atomic mass is 19.1. The molecule has 0 saturated heterocycles. The number of benzene rings is 1. The van der Waals surface area contributed by atoms with Crippen LogP contribution in [0.1, 0.15) is 37.2 Å². The molecule has 0 bridgehead atoms. The molecule has 0 spiro atoms. The minimum Gasteiger partial charge on any atom is -0.481 e. The fourth-order valence-corrected chi connectivity index (χ4v) is 2.45. The smallest absolute Gasteiger partial charge is 0.315 e. The maximum Gasteiger partial charge on any atom is 0.315 e. The van der Waals surface area contributed by atoms with Gasteiger partial charge >= 0.3 is 12.0 Å². The molecule has 0 heterocycles. The molecule has 0 unspecified atom stereocenters. The summed E-state index contributed by atoms with van der Waals surface area (Å²) in [5.74, 6) is -0.813. The second-order valence-corrected chi connectivity index (χ2v) is 5.32. The van der Waals surface area contributed by atoms with Crippen molar-refractivity contribution >= 4 is 12.0 Å². The van der Waals surface area contributed by atoms with Crippen molar-refractivity contribution in [2.75, 3.05) is 6.54 Å². The molecule has 0 atom stereocenters. The van der Waals surface area contributed by atoms with Crippen LogP contribution in [0, 0.1) is 5.82 Å². The Hall–Kier alpha value is -2.11. The van der Waals surface area contributed by atoms with E-state index >= 15 is 0 Å². The standard InChI is InChI=1S/C15H19FN2O3/c16-12-4-1-3-10(7-12)11-8-13(9-11)18-15(21)17-6-2-5-14(19)20/h1,3-4,7,11,13H,2,5-6,8-9H2,(H,19,20)(H2,17,18,21). The third-order valence-corrected chi connectivity index (χ3v) is 3.65. The second-order valence-electron chi connectivity index (χ2n) is 5.32. The van der Waals surface area contributed by atoms with Gasteiger partial charge in [-0.2, -0.15) is 0 Å². The highest BCUT2D eigenvalue weighted by molar-refractivity contribution is 5.74. The summed E-state index contributed by atoms with van der Waals surface area (Å²) in [4.78, 5) is 21.9. The highest BCUT2D eigenvalue weighted by Crippen LogP contribution is 2.36. The van der Waals surface area contributed by atoms with E-state index < -0.39 is 5.97 Å². The van der Waals surface area contributed by atoms with Crippen LogP contribution in [0.3, 0.4) is 0 Å². The van der Waals surface area contributed by atoms with E-state index in [9.17, 15) is 14.0 Å². The molecule has 0 aromatic heterocycles. The van der Waals surface area contributed by atoms with Crippen LogP contribution in [0.15, 0.2) is 24.3 Å². The lowest BCUT2D eigenvalue weighted by Gasteiger charge is -2.36. The van der Waals surface area contributed by atoms with Crippen molar-refractivity contribution in [3.05, 3.63) is 35.6 Å². The first-order valence-corrected chi connectivity index (χ1v) is 7.06. The number of carboxylic acids is 1. The lowest BCUT2D eigenvalue weighted by atomic mass is 9.76. The van der Waals surface area contributed by atoms with E-state index in [1.807, 2.05) is 6.07 Å². The third-order valence-electron chi connectivity index (χ3n) is 3.65. The normalized spacial score (nSPS) is 20.4. The Morgan fingerprint density at radius 1 is 1.33 bits per heavy atom. The predicted molar refractivity (Wildman–Crippen MR) is 75.6 cm³/mol. The predicted octanol–water partition coefficient (Wildman–Crippen LogP) is 2.24. The first kappa shape index (κ1) is 15.3. The minimum atomic E-state index is -0.867. The summed E-state index contributed by atoms with van der Waals surface area (Å²) in [7, 11) is 0. The van der Waals surface area contributed by atoms with Crippen molar-refractivity contribution in [2.24, 2.45) is 0 Å². The van der Waals surface area contributed by atoms with Gasteiger partial charge in [0.25, 0.3) is 0 Å². The van der Waals surface area contributed by atoms with Gasteiger partial charge in [-0.05, 0) is 42.9 Å². The van der Waals surface area contributed by atoms with Gasteiger partial charge in [0.05, 0.1) is 0 Å². The second kappa shape index (κ2) is 7.06. The van der Waals surface area contributed by atoms with E-state index in [1.54, 1.807) is 6.07 Å². The van der Waals surface area contributed by atoms with E-state index in [1.165, 1.54) is 12.1 Å². The number of carbonyl (C=O) groups excluding carboxylic acids is 1. The molecule has 1 saturated carbocycles. The summed E-state index contributed by atoms with van der Waals surface area (Å²) in [5.41, 5.74) is 0.968. The van der Waals surface area contributed by atoms with Gasteiger partial charge in [0.2, 0.25) is 0 Å². The Bertz CT molecular complexity index is 515. The van der Waals surface area contributed by atoms with Gasteiger partial charge in [0.15, 0.2) is 0 Å². The molecule has 0 radical (unpaired) electrons. The molecule has 1 fully saturated rings. The van der Waals surface area contributed by atoms with E-state index in [4.69, 9.17) is 5.11 Å². The number of hydrogen-bond acceptors (Lipinski definition) is 2. The monoisotopic (exact) mass is 294 g/mol. The molecule has 2 amide bonds. The number of carbonyl (C=O) groups is 2.